The quantitative estimate of drug-likeness (QED) is 0.251. The van der Waals surface area contributed by atoms with Crippen LogP contribution in [0, 0.1) is 13.8 Å². The lowest BCUT2D eigenvalue weighted by molar-refractivity contribution is -0.136. The van der Waals surface area contributed by atoms with E-state index in [1.807, 2.05) is 50.2 Å². The predicted octanol–water partition coefficient (Wildman–Crippen LogP) is 5.27. The second-order valence-electron chi connectivity index (χ2n) is 10.7. The van der Waals surface area contributed by atoms with Gasteiger partial charge in [-0.15, -0.1) is 0 Å². The molecule has 0 amide bonds. The first-order chi connectivity index (χ1) is 19.0. The molecule has 3 aromatic carbocycles. The van der Waals surface area contributed by atoms with Crippen LogP contribution in [0.1, 0.15) is 35.1 Å². The number of rotatable bonds is 9. The molecule has 0 unspecified atom stereocenters. The standard InChI is InChI=1S/C31H33NO7S/c1-20-12-26(39-19-31(35)8-10-40(36,37)11-9-31)13-21(2)30(20)23-5-3-4-22(14-23)17-32-25-6-7-27-24(15-29(33)34)18-38-28(27)16-25/h3-7,12-14,16,18,32,35H,8-11,15,17,19H2,1-2H3,(H,33,34). The van der Waals surface area contributed by atoms with E-state index >= 15 is 0 Å². The normalized spacial score (nSPS) is 16.1. The molecule has 0 aliphatic carbocycles. The van der Waals surface area contributed by atoms with E-state index in [2.05, 4.69) is 23.5 Å². The topological polar surface area (TPSA) is 126 Å². The molecule has 1 fully saturated rings. The molecule has 1 aromatic heterocycles. The summed E-state index contributed by atoms with van der Waals surface area (Å²) in [6, 6.07) is 17.9. The number of hydrogen-bond donors (Lipinski definition) is 3. The summed E-state index contributed by atoms with van der Waals surface area (Å²) in [7, 11) is -3.06. The van der Waals surface area contributed by atoms with Crippen molar-refractivity contribution in [2.75, 3.05) is 23.4 Å². The molecule has 2 heterocycles. The van der Waals surface area contributed by atoms with Crippen molar-refractivity contribution >= 4 is 32.5 Å². The number of aliphatic carboxylic acids is 1. The third kappa shape index (κ3) is 6.32. The summed E-state index contributed by atoms with van der Waals surface area (Å²) in [5.74, 6) is -0.270. The Hall–Kier alpha value is -3.82. The largest absolute Gasteiger partial charge is 0.491 e. The number of benzene rings is 3. The summed E-state index contributed by atoms with van der Waals surface area (Å²) in [5, 5.41) is 24.1. The van der Waals surface area contributed by atoms with Crippen LogP contribution in [0.15, 0.2) is 65.3 Å². The minimum Gasteiger partial charge on any atom is -0.491 e. The minimum atomic E-state index is -3.06. The maximum atomic E-state index is 11.7. The number of anilines is 1. The zero-order valence-electron chi connectivity index (χ0n) is 22.6. The molecule has 3 N–H and O–H groups in total. The number of ether oxygens (including phenoxy) is 1. The zero-order chi connectivity index (χ0) is 28.5. The van der Waals surface area contributed by atoms with Gasteiger partial charge in [0.1, 0.15) is 23.5 Å². The lowest BCUT2D eigenvalue weighted by atomic mass is 9.94. The number of carboxylic acids is 1. The smallest absolute Gasteiger partial charge is 0.307 e. The summed E-state index contributed by atoms with van der Waals surface area (Å²) < 4.78 is 34.9. The maximum Gasteiger partial charge on any atom is 0.307 e. The highest BCUT2D eigenvalue weighted by Crippen LogP contribution is 2.33. The minimum absolute atomic E-state index is 0.0137. The number of aliphatic hydroxyl groups is 1. The predicted molar refractivity (Wildman–Crippen MR) is 155 cm³/mol. The average Bonchev–Trinajstić information content (AvgIpc) is 3.29. The molecule has 40 heavy (non-hydrogen) atoms. The van der Waals surface area contributed by atoms with E-state index in [0.29, 0.717) is 23.4 Å². The van der Waals surface area contributed by atoms with Gasteiger partial charge in [0, 0.05) is 29.2 Å². The van der Waals surface area contributed by atoms with Crippen molar-refractivity contribution in [1.29, 1.82) is 0 Å². The van der Waals surface area contributed by atoms with E-state index in [9.17, 15) is 18.3 Å². The van der Waals surface area contributed by atoms with Gasteiger partial charge in [0.05, 0.1) is 24.2 Å². The van der Waals surface area contributed by atoms with E-state index in [-0.39, 0.29) is 37.4 Å². The Balaban J connectivity index is 1.26. The third-order valence-corrected chi connectivity index (χ3v) is 9.13. The van der Waals surface area contributed by atoms with E-state index in [1.54, 1.807) is 0 Å². The lowest BCUT2D eigenvalue weighted by Gasteiger charge is -2.31. The Morgan fingerprint density at radius 2 is 1.77 bits per heavy atom. The van der Waals surface area contributed by atoms with Crippen molar-refractivity contribution in [1.82, 2.24) is 0 Å². The van der Waals surface area contributed by atoms with E-state index in [1.165, 1.54) is 6.26 Å². The van der Waals surface area contributed by atoms with Crippen LogP contribution >= 0.6 is 0 Å². The van der Waals surface area contributed by atoms with Crippen LogP contribution in [-0.4, -0.2) is 48.3 Å². The maximum absolute atomic E-state index is 11.7. The van der Waals surface area contributed by atoms with E-state index in [4.69, 9.17) is 14.3 Å². The highest BCUT2D eigenvalue weighted by molar-refractivity contribution is 7.91. The number of carboxylic acid groups (broad SMARTS) is 1. The van der Waals surface area contributed by atoms with Crippen LogP contribution in [0.2, 0.25) is 0 Å². The monoisotopic (exact) mass is 563 g/mol. The molecule has 1 aliphatic rings. The first-order valence-electron chi connectivity index (χ1n) is 13.2. The average molecular weight is 564 g/mol. The van der Waals surface area contributed by atoms with E-state index in [0.717, 1.165) is 38.9 Å². The summed E-state index contributed by atoms with van der Waals surface area (Å²) in [4.78, 5) is 11.1. The fraction of sp³-hybridized carbons (Fsp3) is 0.323. The molecular formula is C31H33NO7S. The van der Waals surface area contributed by atoms with Crippen molar-refractivity contribution < 1.29 is 32.6 Å². The van der Waals surface area contributed by atoms with Crippen LogP contribution in [0.25, 0.3) is 22.1 Å². The van der Waals surface area contributed by atoms with Crippen LogP contribution < -0.4 is 10.1 Å². The Labute approximate surface area is 233 Å². The van der Waals surface area contributed by atoms with Gasteiger partial charge in [-0.25, -0.2) is 8.42 Å². The summed E-state index contributed by atoms with van der Waals surface area (Å²) in [5.41, 5.74) is 6.41. The zero-order valence-corrected chi connectivity index (χ0v) is 23.4. The molecule has 5 rings (SSSR count). The van der Waals surface area contributed by atoms with Crippen LogP contribution in [0.3, 0.4) is 0 Å². The number of furan rings is 1. The van der Waals surface area contributed by atoms with Gasteiger partial charge >= 0.3 is 5.97 Å². The van der Waals surface area contributed by atoms with Gasteiger partial charge in [-0.1, -0.05) is 18.2 Å². The molecule has 9 heteroatoms. The highest BCUT2D eigenvalue weighted by atomic mass is 32.2. The number of carbonyl (C=O) groups is 1. The van der Waals surface area contributed by atoms with E-state index < -0.39 is 21.4 Å². The van der Waals surface area contributed by atoms with Crippen molar-refractivity contribution in [2.24, 2.45) is 0 Å². The van der Waals surface area contributed by atoms with Gasteiger partial charge in [0.15, 0.2) is 9.84 Å². The SMILES string of the molecule is Cc1cc(OCC2(O)CCS(=O)(=O)CC2)cc(C)c1-c1cccc(CNc2ccc3c(CC(=O)O)coc3c2)c1. The number of sulfone groups is 1. The first kappa shape index (κ1) is 27.7. The van der Waals surface area contributed by atoms with Crippen LogP contribution in [0.4, 0.5) is 5.69 Å². The fourth-order valence-corrected chi connectivity index (χ4v) is 6.86. The summed E-state index contributed by atoms with van der Waals surface area (Å²) >= 11 is 0. The Kier molecular flexibility index (Phi) is 7.61. The summed E-state index contributed by atoms with van der Waals surface area (Å²) in [6.45, 7) is 4.71. The molecule has 1 aliphatic heterocycles. The van der Waals surface area contributed by atoms with Crippen LogP contribution in [-0.2, 0) is 27.6 Å². The highest BCUT2D eigenvalue weighted by Gasteiger charge is 2.36. The number of nitrogens with one attached hydrogen (secondary N) is 1. The molecule has 1 saturated heterocycles. The molecule has 0 atom stereocenters. The second kappa shape index (κ2) is 11.0. The Morgan fingerprint density at radius 3 is 2.48 bits per heavy atom. The molecule has 0 radical (unpaired) electrons. The molecule has 0 spiro atoms. The number of hydrogen-bond acceptors (Lipinski definition) is 7. The molecule has 8 nitrogen and oxygen atoms in total. The van der Waals surface area contributed by atoms with Crippen LogP contribution in [0.5, 0.6) is 5.75 Å². The molecule has 4 aromatic rings. The summed E-state index contributed by atoms with van der Waals surface area (Å²) in [6.07, 6.45) is 1.80. The molecular weight excluding hydrogens is 530 g/mol. The van der Waals surface area contributed by atoms with Crippen molar-refractivity contribution in [3.63, 3.8) is 0 Å². The molecule has 0 saturated carbocycles. The Morgan fingerprint density at radius 1 is 1.05 bits per heavy atom. The van der Waals surface area contributed by atoms with Gasteiger partial charge in [0.2, 0.25) is 0 Å². The molecule has 0 bridgehead atoms. The van der Waals surface area contributed by atoms with Gasteiger partial charge in [-0.05, 0) is 84.8 Å². The van der Waals surface area contributed by atoms with Crippen molar-refractivity contribution in [3.8, 4) is 16.9 Å². The van der Waals surface area contributed by atoms with Gasteiger partial charge in [-0.3, -0.25) is 4.79 Å². The second-order valence-corrected chi connectivity index (χ2v) is 13.0. The Bertz CT molecular complexity index is 1640. The molecule has 210 valence electrons. The number of aryl methyl sites for hydroxylation is 2. The van der Waals surface area contributed by atoms with Gasteiger partial charge in [-0.2, -0.15) is 0 Å². The lowest BCUT2D eigenvalue weighted by Crippen LogP contribution is -2.43. The van der Waals surface area contributed by atoms with Gasteiger partial charge in [0.25, 0.3) is 0 Å². The van der Waals surface area contributed by atoms with Crippen molar-refractivity contribution in [2.45, 2.75) is 45.3 Å². The number of fused-ring (bicyclic) bond motifs is 1. The van der Waals surface area contributed by atoms with Gasteiger partial charge < -0.3 is 24.7 Å². The fourth-order valence-electron chi connectivity index (χ4n) is 5.28. The first-order valence-corrected chi connectivity index (χ1v) is 15.0. The van der Waals surface area contributed by atoms with Crippen molar-refractivity contribution in [3.05, 3.63) is 83.1 Å². The third-order valence-electron chi connectivity index (χ3n) is 7.48.